The van der Waals surface area contributed by atoms with Gasteiger partial charge in [-0.15, -0.1) is 0 Å². The van der Waals surface area contributed by atoms with Crippen LogP contribution in [0.5, 0.6) is 0 Å². The molecule has 1 saturated heterocycles. The molecule has 0 saturated carbocycles. The zero-order valence-electron chi connectivity index (χ0n) is 8.52. The lowest BCUT2D eigenvalue weighted by atomic mass is 9.97. The SMILES string of the molecule is CC(C)(C)CNCC1CCCO1. The molecule has 1 fully saturated rings. The lowest BCUT2D eigenvalue weighted by Crippen LogP contribution is -2.33. The van der Waals surface area contributed by atoms with Crippen LogP contribution in [0.15, 0.2) is 0 Å². The van der Waals surface area contributed by atoms with Crippen LogP contribution in [0.25, 0.3) is 0 Å². The fourth-order valence-electron chi connectivity index (χ4n) is 1.41. The summed E-state index contributed by atoms with van der Waals surface area (Å²) in [6, 6.07) is 0. The first-order chi connectivity index (χ1) is 5.58. The van der Waals surface area contributed by atoms with Gasteiger partial charge in [0.2, 0.25) is 0 Å². The van der Waals surface area contributed by atoms with Gasteiger partial charge in [-0.1, -0.05) is 20.8 Å². The largest absolute Gasteiger partial charge is 0.377 e. The first-order valence-electron chi connectivity index (χ1n) is 4.90. The molecule has 0 bridgehead atoms. The number of ether oxygens (including phenoxy) is 1. The predicted octanol–water partition coefficient (Wildman–Crippen LogP) is 1.80. The molecule has 0 spiro atoms. The molecule has 1 rings (SSSR count). The van der Waals surface area contributed by atoms with Gasteiger partial charge in [-0.25, -0.2) is 0 Å². The molecule has 1 heterocycles. The fourth-order valence-corrected chi connectivity index (χ4v) is 1.41. The van der Waals surface area contributed by atoms with Crippen LogP contribution in [0.1, 0.15) is 33.6 Å². The van der Waals surface area contributed by atoms with Crippen LogP contribution < -0.4 is 5.32 Å². The molecular formula is C10H21NO. The van der Waals surface area contributed by atoms with Crippen LogP contribution in [-0.2, 0) is 4.74 Å². The van der Waals surface area contributed by atoms with Gasteiger partial charge in [0.1, 0.15) is 0 Å². The average molecular weight is 171 g/mol. The van der Waals surface area contributed by atoms with Crippen molar-refractivity contribution in [1.29, 1.82) is 0 Å². The smallest absolute Gasteiger partial charge is 0.0700 e. The van der Waals surface area contributed by atoms with E-state index in [0.717, 1.165) is 19.7 Å². The van der Waals surface area contributed by atoms with Crippen LogP contribution in [0.2, 0.25) is 0 Å². The number of hydrogen-bond donors (Lipinski definition) is 1. The second-order valence-electron chi connectivity index (χ2n) is 4.83. The first-order valence-corrected chi connectivity index (χ1v) is 4.90. The quantitative estimate of drug-likeness (QED) is 0.699. The molecule has 1 unspecified atom stereocenters. The van der Waals surface area contributed by atoms with E-state index in [1.54, 1.807) is 0 Å². The summed E-state index contributed by atoms with van der Waals surface area (Å²) in [7, 11) is 0. The van der Waals surface area contributed by atoms with E-state index in [-0.39, 0.29) is 0 Å². The van der Waals surface area contributed by atoms with Gasteiger partial charge in [0.15, 0.2) is 0 Å². The summed E-state index contributed by atoms with van der Waals surface area (Å²) >= 11 is 0. The molecule has 1 atom stereocenters. The van der Waals surface area contributed by atoms with Gasteiger partial charge in [0.25, 0.3) is 0 Å². The monoisotopic (exact) mass is 171 g/mol. The van der Waals surface area contributed by atoms with Crippen molar-refractivity contribution in [3.05, 3.63) is 0 Å². The van der Waals surface area contributed by atoms with E-state index in [2.05, 4.69) is 26.1 Å². The van der Waals surface area contributed by atoms with Crippen molar-refractivity contribution in [3.8, 4) is 0 Å². The fraction of sp³-hybridized carbons (Fsp3) is 1.00. The van der Waals surface area contributed by atoms with E-state index in [1.807, 2.05) is 0 Å². The maximum absolute atomic E-state index is 5.51. The molecule has 72 valence electrons. The lowest BCUT2D eigenvalue weighted by molar-refractivity contribution is 0.108. The van der Waals surface area contributed by atoms with Crippen LogP contribution >= 0.6 is 0 Å². The van der Waals surface area contributed by atoms with E-state index < -0.39 is 0 Å². The van der Waals surface area contributed by atoms with Crippen LogP contribution in [-0.4, -0.2) is 25.8 Å². The number of rotatable bonds is 3. The van der Waals surface area contributed by atoms with Crippen LogP contribution in [0.4, 0.5) is 0 Å². The summed E-state index contributed by atoms with van der Waals surface area (Å²) in [5.41, 5.74) is 0.388. The minimum absolute atomic E-state index is 0.388. The summed E-state index contributed by atoms with van der Waals surface area (Å²) in [6.07, 6.45) is 2.95. The van der Waals surface area contributed by atoms with E-state index in [1.165, 1.54) is 12.8 Å². The lowest BCUT2D eigenvalue weighted by Gasteiger charge is -2.20. The predicted molar refractivity (Wildman–Crippen MR) is 51.3 cm³/mol. The van der Waals surface area contributed by atoms with Gasteiger partial charge in [0.05, 0.1) is 6.10 Å². The zero-order valence-corrected chi connectivity index (χ0v) is 8.52. The topological polar surface area (TPSA) is 21.3 Å². The van der Waals surface area contributed by atoms with Crippen molar-refractivity contribution < 1.29 is 4.74 Å². The highest BCUT2D eigenvalue weighted by atomic mass is 16.5. The highest BCUT2D eigenvalue weighted by Crippen LogP contribution is 2.13. The van der Waals surface area contributed by atoms with E-state index >= 15 is 0 Å². The van der Waals surface area contributed by atoms with Crippen molar-refractivity contribution in [2.45, 2.75) is 39.7 Å². The summed E-state index contributed by atoms with van der Waals surface area (Å²) < 4.78 is 5.51. The van der Waals surface area contributed by atoms with Crippen LogP contribution in [0, 0.1) is 5.41 Å². The summed E-state index contributed by atoms with van der Waals surface area (Å²) in [4.78, 5) is 0. The van der Waals surface area contributed by atoms with Gasteiger partial charge >= 0.3 is 0 Å². The molecule has 1 aliphatic heterocycles. The summed E-state index contributed by atoms with van der Waals surface area (Å²) in [5.74, 6) is 0. The normalized spacial score (nSPS) is 24.8. The third-order valence-corrected chi connectivity index (χ3v) is 2.05. The Bertz CT molecular complexity index is 122. The Morgan fingerprint density at radius 1 is 1.42 bits per heavy atom. The average Bonchev–Trinajstić information content (AvgIpc) is 2.36. The molecule has 0 aliphatic carbocycles. The molecule has 0 aromatic heterocycles. The van der Waals surface area contributed by atoms with E-state index in [0.29, 0.717) is 11.5 Å². The number of hydrogen-bond acceptors (Lipinski definition) is 2. The van der Waals surface area contributed by atoms with Gasteiger partial charge in [-0.3, -0.25) is 0 Å². The molecule has 12 heavy (non-hydrogen) atoms. The molecule has 1 aliphatic rings. The maximum atomic E-state index is 5.51. The first kappa shape index (κ1) is 10.0. The Morgan fingerprint density at radius 2 is 2.17 bits per heavy atom. The van der Waals surface area contributed by atoms with Gasteiger partial charge in [0, 0.05) is 19.7 Å². The Morgan fingerprint density at radius 3 is 2.67 bits per heavy atom. The molecular weight excluding hydrogens is 150 g/mol. The Hall–Kier alpha value is -0.0800. The number of nitrogens with one attached hydrogen (secondary N) is 1. The standard InChI is InChI=1S/C10H21NO/c1-10(2,3)8-11-7-9-5-4-6-12-9/h9,11H,4-8H2,1-3H3. The summed E-state index contributed by atoms with van der Waals surface area (Å²) in [6.45, 7) is 9.80. The molecule has 1 N–H and O–H groups in total. The minimum Gasteiger partial charge on any atom is -0.377 e. The summed E-state index contributed by atoms with van der Waals surface area (Å²) in [5, 5.41) is 3.44. The maximum Gasteiger partial charge on any atom is 0.0700 e. The zero-order chi connectivity index (χ0) is 9.03. The van der Waals surface area contributed by atoms with Crippen molar-refractivity contribution in [3.63, 3.8) is 0 Å². The van der Waals surface area contributed by atoms with Crippen molar-refractivity contribution in [1.82, 2.24) is 5.32 Å². The molecule has 2 nitrogen and oxygen atoms in total. The molecule has 0 radical (unpaired) electrons. The van der Waals surface area contributed by atoms with Gasteiger partial charge in [-0.05, 0) is 18.3 Å². The third kappa shape index (κ3) is 4.07. The molecule has 2 heteroatoms. The van der Waals surface area contributed by atoms with Crippen molar-refractivity contribution in [2.24, 2.45) is 5.41 Å². The van der Waals surface area contributed by atoms with E-state index in [4.69, 9.17) is 4.74 Å². The second-order valence-corrected chi connectivity index (χ2v) is 4.83. The highest BCUT2D eigenvalue weighted by molar-refractivity contribution is 4.70. The van der Waals surface area contributed by atoms with Crippen molar-refractivity contribution >= 4 is 0 Å². The van der Waals surface area contributed by atoms with Crippen molar-refractivity contribution in [2.75, 3.05) is 19.7 Å². The van der Waals surface area contributed by atoms with Gasteiger partial charge in [-0.2, -0.15) is 0 Å². The molecule has 0 aromatic carbocycles. The molecule has 0 aromatic rings. The Kier molecular flexibility index (Phi) is 3.53. The highest BCUT2D eigenvalue weighted by Gasteiger charge is 2.16. The van der Waals surface area contributed by atoms with Crippen LogP contribution in [0.3, 0.4) is 0 Å². The third-order valence-electron chi connectivity index (χ3n) is 2.05. The molecule has 0 amide bonds. The Labute approximate surface area is 75.7 Å². The van der Waals surface area contributed by atoms with Gasteiger partial charge < -0.3 is 10.1 Å². The second kappa shape index (κ2) is 4.24. The minimum atomic E-state index is 0.388. The Balaban J connectivity index is 2.02. The van der Waals surface area contributed by atoms with E-state index in [9.17, 15) is 0 Å².